The fraction of sp³-hybridized carbons (Fsp3) is 0.238. The molecule has 0 aromatic heterocycles. The van der Waals surface area contributed by atoms with Crippen molar-refractivity contribution in [2.45, 2.75) is 20.8 Å². The molecule has 0 saturated heterocycles. The molecule has 2 aromatic carbocycles. The first-order valence-electron chi connectivity index (χ1n) is 8.42. The molecular formula is C21H20ClNO3. The van der Waals surface area contributed by atoms with Gasteiger partial charge < -0.3 is 9.64 Å². The van der Waals surface area contributed by atoms with Crippen molar-refractivity contribution in [2.24, 2.45) is 0 Å². The van der Waals surface area contributed by atoms with Crippen molar-refractivity contribution in [2.75, 3.05) is 18.6 Å². The minimum Gasteiger partial charge on any atom is -0.462 e. The topological polar surface area (TPSA) is 46.6 Å². The van der Waals surface area contributed by atoms with Gasteiger partial charge in [0.1, 0.15) is 0 Å². The van der Waals surface area contributed by atoms with Gasteiger partial charge in [-0.1, -0.05) is 35.4 Å². The van der Waals surface area contributed by atoms with Crippen LogP contribution in [-0.2, 0) is 14.3 Å². The minimum atomic E-state index is -0.509. The molecule has 0 N–H and O–H groups in total. The molecule has 0 radical (unpaired) electrons. The van der Waals surface area contributed by atoms with Crippen LogP contribution in [0.25, 0.3) is 11.1 Å². The first kappa shape index (κ1) is 18.2. The molecule has 0 saturated carbocycles. The molecule has 0 spiro atoms. The smallest absolute Gasteiger partial charge is 0.339 e. The van der Waals surface area contributed by atoms with E-state index in [9.17, 15) is 9.59 Å². The highest BCUT2D eigenvalue weighted by atomic mass is 35.5. The zero-order valence-electron chi connectivity index (χ0n) is 15.2. The summed E-state index contributed by atoms with van der Waals surface area (Å²) in [6, 6.07) is 11.1. The molecular weight excluding hydrogens is 350 g/mol. The number of benzene rings is 2. The van der Waals surface area contributed by atoms with E-state index < -0.39 is 5.97 Å². The molecule has 0 atom stereocenters. The number of likely N-dealkylation sites (N-methyl/N-ethyl adjacent to an activating group) is 1. The summed E-state index contributed by atoms with van der Waals surface area (Å²) in [6.07, 6.45) is 0. The van der Waals surface area contributed by atoms with Crippen LogP contribution in [0.1, 0.15) is 29.2 Å². The zero-order chi connectivity index (χ0) is 19.0. The number of fused-ring (bicyclic) bond motifs is 1. The number of carbonyl (C=O) groups excluding carboxylic acids is 2. The average molecular weight is 370 g/mol. The maximum atomic E-state index is 13.0. The predicted molar refractivity (Wildman–Crippen MR) is 104 cm³/mol. The van der Waals surface area contributed by atoms with Crippen molar-refractivity contribution in [3.05, 3.63) is 63.7 Å². The second-order valence-electron chi connectivity index (χ2n) is 6.31. The number of nitrogens with zero attached hydrogens (tertiary/aromatic N) is 1. The summed E-state index contributed by atoms with van der Waals surface area (Å²) in [5.41, 5.74) is 4.58. The predicted octanol–water partition coefficient (Wildman–Crippen LogP) is 4.41. The molecule has 0 fully saturated rings. The van der Waals surface area contributed by atoms with E-state index in [1.165, 1.54) is 4.90 Å². The molecule has 0 bridgehead atoms. The van der Waals surface area contributed by atoms with Gasteiger partial charge in [-0.3, -0.25) is 4.79 Å². The molecule has 1 aliphatic rings. The lowest BCUT2D eigenvalue weighted by molar-refractivity contribution is -0.136. The lowest BCUT2D eigenvalue weighted by Gasteiger charge is -2.14. The van der Waals surface area contributed by atoms with Gasteiger partial charge in [0.15, 0.2) is 0 Å². The van der Waals surface area contributed by atoms with Crippen LogP contribution >= 0.6 is 11.6 Å². The van der Waals surface area contributed by atoms with Gasteiger partial charge in [0.05, 0.1) is 23.4 Å². The number of esters is 1. The largest absolute Gasteiger partial charge is 0.462 e. The first-order valence-corrected chi connectivity index (χ1v) is 8.80. The maximum Gasteiger partial charge on any atom is 0.339 e. The summed E-state index contributed by atoms with van der Waals surface area (Å²) in [5, 5.41) is 0.508. The van der Waals surface area contributed by atoms with E-state index in [2.05, 4.69) is 0 Å². The number of ether oxygens (including phenoxy) is 1. The SMILES string of the molecule is CCOC(=O)/C(=C1/C(=O)N(C)c2ccc(Cl)cc21)c1cc(C)ccc1C. The Labute approximate surface area is 158 Å². The summed E-state index contributed by atoms with van der Waals surface area (Å²) < 4.78 is 5.29. The number of hydrogen-bond acceptors (Lipinski definition) is 3. The van der Waals surface area contributed by atoms with Crippen molar-refractivity contribution < 1.29 is 14.3 Å². The van der Waals surface area contributed by atoms with Crippen LogP contribution in [0.15, 0.2) is 36.4 Å². The zero-order valence-corrected chi connectivity index (χ0v) is 16.0. The van der Waals surface area contributed by atoms with Gasteiger partial charge in [0.25, 0.3) is 5.91 Å². The number of carbonyl (C=O) groups is 2. The van der Waals surface area contributed by atoms with E-state index in [1.54, 1.807) is 32.2 Å². The molecule has 26 heavy (non-hydrogen) atoms. The number of aryl methyl sites for hydroxylation is 2. The monoisotopic (exact) mass is 369 g/mol. The van der Waals surface area contributed by atoms with Gasteiger partial charge in [0, 0.05) is 17.6 Å². The van der Waals surface area contributed by atoms with Crippen molar-refractivity contribution >= 4 is 40.3 Å². The van der Waals surface area contributed by atoms with Crippen LogP contribution in [0.5, 0.6) is 0 Å². The van der Waals surface area contributed by atoms with Crippen LogP contribution in [0.3, 0.4) is 0 Å². The summed E-state index contributed by atoms with van der Waals surface area (Å²) >= 11 is 6.16. The number of halogens is 1. The van der Waals surface area contributed by atoms with Crippen LogP contribution in [-0.4, -0.2) is 25.5 Å². The quantitative estimate of drug-likeness (QED) is 0.594. The van der Waals surface area contributed by atoms with Crippen LogP contribution < -0.4 is 4.90 Å². The summed E-state index contributed by atoms with van der Waals surface area (Å²) in [6.45, 7) is 5.84. The van der Waals surface area contributed by atoms with E-state index in [0.717, 1.165) is 16.8 Å². The van der Waals surface area contributed by atoms with E-state index >= 15 is 0 Å². The Balaban J connectivity index is 2.38. The van der Waals surface area contributed by atoms with Crippen LogP contribution in [0, 0.1) is 13.8 Å². The molecule has 5 heteroatoms. The molecule has 1 heterocycles. The highest BCUT2D eigenvalue weighted by molar-refractivity contribution is 6.45. The van der Waals surface area contributed by atoms with Crippen molar-refractivity contribution in [3.63, 3.8) is 0 Å². The Hall–Kier alpha value is -2.59. The summed E-state index contributed by atoms with van der Waals surface area (Å²) in [5.74, 6) is -0.753. The van der Waals surface area contributed by atoms with Crippen molar-refractivity contribution in [1.29, 1.82) is 0 Å². The number of hydrogen-bond donors (Lipinski definition) is 0. The Kier molecular flexibility index (Phi) is 4.88. The normalized spacial score (nSPS) is 15.1. The molecule has 1 amide bonds. The lowest BCUT2D eigenvalue weighted by Crippen LogP contribution is -2.22. The second-order valence-corrected chi connectivity index (χ2v) is 6.75. The average Bonchev–Trinajstić information content (AvgIpc) is 2.83. The third-order valence-corrected chi connectivity index (χ3v) is 4.73. The molecule has 2 aromatic rings. The standard InChI is InChI=1S/C21H20ClNO3/c1-5-26-21(25)19(15-10-12(2)6-7-13(15)3)18-16-11-14(22)8-9-17(16)23(4)20(18)24/h6-11H,5H2,1-4H3/b19-18+. The minimum absolute atomic E-state index is 0.229. The third kappa shape index (κ3) is 3.01. The molecule has 134 valence electrons. The maximum absolute atomic E-state index is 13.0. The molecule has 0 unspecified atom stereocenters. The molecule has 3 rings (SSSR count). The first-order chi connectivity index (χ1) is 12.3. The van der Waals surface area contributed by atoms with Crippen LogP contribution in [0.2, 0.25) is 5.02 Å². The highest BCUT2D eigenvalue weighted by Gasteiger charge is 2.36. The van der Waals surface area contributed by atoms with Crippen LogP contribution in [0.4, 0.5) is 5.69 Å². The fourth-order valence-corrected chi connectivity index (χ4v) is 3.36. The second kappa shape index (κ2) is 6.96. The fourth-order valence-electron chi connectivity index (χ4n) is 3.19. The van der Waals surface area contributed by atoms with Gasteiger partial charge in [-0.25, -0.2) is 4.79 Å². The van der Waals surface area contributed by atoms with E-state index in [-0.39, 0.29) is 18.1 Å². The Morgan fingerprint density at radius 3 is 2.58 bits per heavy atom. The van der Waals surface area contributed by atoms with Gasteiger partial charge >= 0.3 is 5.97 Å². The number of rotatable bonds is 3. The molecule has 4 nitrogen and oxygen atoms in total. The number of anilines is 1. The van der Waals surface area contributed by atoms with Gasteiger partial charge in [0.2, 0.25) is 0 Å². The van der Waals surface area contributed by atoms with Gasteiger partial charge in [-0.15, -0.1) is 0 Å². The summed E-state index contributed by atoms with van der Waals surface area (Å²) in [4.78, 5) is 27.4. The Morgan fingerprint density at radius 2 is 1.88 bits per heavy atom. The lowest BCUT2D eigenvalue weighted by atomic mass is 9.91. The van der Waals surface area contributed by atoms with Crippen molar-refractivity contribution in [1.82, 2.24) is 0 Å². The Bertz CT molecular complexity index is 946. The highest BCUT2D eigenvalue weighted by Crippen LogP contribution is 2.42. The molecule has 0 aliphatic carbocycles. The van der Waals surface area contributed by atoms with Gasteiger partial charge in [-0.05, 0) is 50.1 Å². The van der Waals surface area contributed by atoms with E-state index in [0.29, 0.717) is 21.7 Å². The molecule has 1 aliphatic heterocycles. The van der Waals surface area contributed by atoms with E-state index in [1.807, 2.05) is 32.0 Å². The number of amides is 1. The Morgan fingerprint density at radius 1 is 1.15 bits per heavy atom. The van der Waals surface area contributed by atoms with Crippen molar-refractivity contribution in [3.8, 4) is 0 Å². The van der Waals surface area contributed by atoms with E-state index in [4.69, 9.17) is 16.3 Å². The third-order valence-electron chi connectivity index (χ3n) is 4.50. The van der Waals surface area contributed by atoms with Gasteiger partial charge in [-0.2, -0.15) is 0 Å². The summed E-state index contributed by atoms with van der Waals surface area (Å²) in [7, 11) is 1.69.